The van der Waals surface area contributed by atoms with Crippen LogP contribution < -0.4 is 0 Å². The summed E-state index contributed by atoms with van der Waals surface area (Å²) in [6.07, 6.45) is 0. The molecule has 0 radical (unpaired) electrons. The first-order valence-corrected chi connectivity index (χ1v) is 20.1. The SMILES string of the molecule is c1ccc(-c2nc(-c3ccccc3)nc(-c3ccc4nc(-c5cccc(-c6ccc7c(c6)c6ccccc6n7-c6ccc7oc(-c8ccccc8)nc7c6)c5)oc4c3)n2)cc1. The van der Waals surface area contributed by atoms with Crippen molar-refractivity contribution in [1.82, 2.24) is 29.5 Å². The molecule has 0 aliphatic rings. The summed E-state index contributed by atoms with van der Waals surface area (Å²) in [7, 11) is 0. The van der Waals surface area contributed by atoms with Gasteiger partial charge in [-0.05, 0) is 90.0 Å². The number of fused-ring (bicyclic) bond motifs is 5. The average molecular weight is 785 g/mol. The minimum absolute atomic E-state index is 0.538. The molecule has 286 valence electrons. The molecule has 0 N–H and O–H groups in total. The highest BCUT2D eigenvalue weighted by molar-refractivity contribution is 6.10. The summed E-state index contributed by atoms with van der Waals surface area (Å²) in [4.78, 5) is 24.4. The van der Waals surface area contributed by atoms with Crippen molar-refractivity contribution in [3.8, 4) is 73.9 Å². The molecule has 0 unspecified atom stereocenters. The zero-order chi connectivity index (χ0) is 40.3. The predicted molar refractivity (Wildman–Crippen MR) is 242 cm³/mol. The van der Waals surface area contributed by atoms with E-state index >= 15 is 0 Å². The van der Waals surface area contributed by atoms with E-state index in [9.17, 15) is 0 Å². The number of hydrogen-bond donors (Lipinski definition) is 0. The van der Waals surface area contributed by atoms with Gasteiger partial charge in [-0.15, -0.1) is 0 Å². The molecule has 0 aliphatic heterocycles. The van der Waals surface area contributed by atoms with Crippen LogP contribution in [0.15, 0.2) is 203 Å². The summed E-state index contributed by atoms with van der Waals surface area (Å²) in [5, 5.41) is 2.32. The van der Waals surface area contributed by atoms with Gasteiger partial charge in [-0.2, -0.15) is 0 Å². The van der Waals surface area contributed by atoms with Gasteiger partial charge >= 0.3 is 0 Å². The Kier molecular flexibility index (Phi) is 7.99. The molecule has 12 aromatic rings. The summed E-state index contributed by atoms with van der Waals surface area (Å²) < 4.78 is 14.9. The Bertz CT molecular complexity index is 3540. The Balaban J connectivity index is 0.897. The van der Waals surface area contributed by atoms with Crippen molar-refractivity contribution in [3.05, 3.63) is 194 Å². The molecule has 8 aromatic carbocycles. The summed E-state index contributed by atoms with van der Waals surface area (Å²) in [5.41, 5.74) is 12.8. The van der Waals surface area contributed by atoms with Crippen molar-refractivity contribution >= 4 is 44.0 Å². The zero-order valence-electron chi connectivity index (χ0n) is 32.5. The van der Waals surface area contributed by atoms with Crippen LogP contribution in [0, 0.1) is 0 Å². The van der Waals surface area contributed by atoms with Crippen LogP contribution in [0.2, 0.25) is 0 Å². The van der Waals surface area contributed by atoms with Crippen LogP contribution in [0.25, 0.3) is 118 Å². The highest BCUT2D eigenvalue weighted by atomic mass is 16.4. The molecule has 8 heteroatoms. The van der Waals surface area contributed by atoms with Crippen LogP contribution in [0.3, 0.4) is 0 Å². The predicted octanol–water partition coefficient (Wildman–Crippen LogP) is 13.3. The number of para-hydroxylation sites is 1. The number of hydrogen-bond acceptors (Lipinski definition) is 7. The Hall–Kier alpha value is -8.49. The van der Waals surface area contributed by atoms with Crippen LogP contribution >= 0.6 is 0 Å². The molecular weight excluding hydrogens is 753 g/mol. The van der Waals surface area contributed by atoms with Gasteiger partial charge in [-0.3, -0.25) is 0 Å². The molecule has 0 atom stereocenters. The molecule has 61 heavy (non-hydrogen) atoms. The van der Waals surface area contributed by atoms with Crippen molar-refractivity contribution < 1.29 is 8.83 Å². The van der Waals surface area contributed by atoms with Crippen molar-refractivity contribution in [3.63, 3.8) is 0 Å². The maximum atomic E-state index is 6.48. The lowest BCUT2D eigenvalue weighted by molar-refractivity contribution is 0.619. The second-order valence-electron chi connectivity index (χ2n) is 14.9. The first-order valence-electron chi connectivity index (χ1n) is 20.1. The largest absolute Gasteiger partial charge is 0.436 e. The van der Waals surface area contributed by atoms with Gasteiger partial charge < -0.3 is 13.4 Å². The third-order valence-electron chi connectivity index (χ3n) is 11.1. The Morgan fingerprint density at radius 2 is 0.869 bits per heavy atom. The van der Waals surface area contributed by atoms with Gasteiger partial charge in [0.25, 0.3) is 0 Å². The summed E-state index contributed by atoms with van der Waals surface area (Å²) in [6.45, 7) is 0. The third-order valence-corrected chi connectivity index (χ3v) is 11.1. The highest BCUT2D eigenvalue weighted by Crippen LogP contribution is 2.37. The zero-order valence-corrected chi connectivity index (χ0v) is 32.5. The van der Waals surface area contributed by atoms with Crippen LogP contribution in [0.4, 0.5) is 0 Å². The van der Waals surface area contributed by atoms with E-state index in [0.29, 0.717) is 34.8 Å². The summed E-state index contributed by atoms with van der Waals surface area (Å²) >= 11 is 0. The molecule has 12 rings (SSSR count). The van der Waals surface area contributed by atoms with Crippen molar-refractivity contribution in [2.45, 2.75) is 0 Å². The molecular formula is C53H32N6O2. The van der Waals surface area contributed by atoms with Crippen LogP contribution in [0.1, 0.15) is 0 Å². The van der Waals surface area contributed by atoms with Crippen molar-refractivity contribution in [2.75, 3.05) is 0 Å². The molecule has 4 heterocycles. The standard InChI is InChI=1S/C53H32N6O2/c1-4-13-33(14-5-1)49-56-50(34-15-6-2-7-16-34)58-51(57-49)38-23-26-43-48(31-38)61-53(54-43)39-20-12-19-36(29-39)37-24-27-46-42(30-37)41-21-10-11-22-45(41)59(46)40-25-28-47-44(32-40)55-52(60-47)35-17-8-3-9-18-35/h1-32H. The fourth-order valence-electron chi connectivity index (χ4n) is 8.15. The third kappa shape index (κ3) is 6.13. The Morgan fingerprint density at radius 3 is 1.62 bits per heavy atom. The molecule has 0 saturated heterocycles. The highest BCUT2D eigenvalue weighted by Gasteiger charge is 2.18. The van der Waals surface area contributed by atoms with Crippen LogP contribution in [-0.2, 0) is 0 Å². The minimum Gasteiger partial charge on any atom is -0.436 e. The quantitative estimate of drug-likeness (QED) is 0.159. The second kappa shape index (κ2) is 14.1. The monoisotopic (exact) mass is 784 g/mol. The van der Waals surface area contributed by atoms with E-state index in [-0.39, 0.29) is 0 Å². The lowest BCUT2D eigenvalue weighted by atomic mass is 10.0. The Morgan fingerprint density at radius 1 is 0.311 bits per heavy atom. The smallest absolute Gasteiger partial charge is 0.227 e. The van der Waals surface area contributed by atoms with Gasteiger partial charge in [-0.1, -0.05) is 115 Å². The lowest BCUT2D eigenvalue weighted by Gasteiger charge is -2.08. The molecule has 0 fully saturated rings. The van der Waals surface area contributed by atoms with Crippen LogP contribution in [0.5, 0.6) is 0 Å². The van der Waals surface area contributed by atoms with E-state index in [0.717, 1.165) is 77.7 Å². The average Bonchev–Trinajstić information content (AvgIpc) is 4.06. The van der Waals surface area contributed by atoms with Crippen molar-refractivity contribution in [2.24, 2.45) is 0 Å². The molecule has 0 amide bonds. The lowest BCUT2D eigenvalue weighted by Crippen LogP contribution is -2.00. The molecule has 4 aromatic heterocycles. The fourth-order valence-corrected chi connectivity index (χ4v) is 8.15. The van der Waals surface area contributed by atoms with E-state index in [1.54, 1.807) is 0 Å². The molecule has 0 aliphatic carbocycles. The first kappa shape index (κ1) is 34.5. The van der Waals surface area contributed by atoms with E-state index in [1.807, 2.05) is 121 Å². The molecule has 0 saturated carbocycles. The van der Waals surface area contributed by atoms with E-state index in [2.05, 4.69) is 77.4 Å². The van der Waals surface area contributed by atoms with E-state index in [4.69, 9.17) is 33.8 Å². The maximum absolute atomic E-state index is 6.48. The summed E-state index contributed by atoms with van der Waals surface area (Å²) in [6, 6.07) is 65.6. The summed E-state index contributed by atoms with van der Waals surface area (Å²) in [5.74, 6) is 2.92. The van der Waals surface area contributed by atoms with Gasteiger partial charge in [0.15, 0.2) is 28.6 Å². The second-order valence-corrected chi connectivity index (χ2v) is 14.9. The minimum atomic E-state index is 0.538. The maximum Gasteiger partial charge on any atom is 0.227 e. The number of aromatic nitrogens is 6. The molecule has 0 spiro atoms. The fraction of sp³-hybridized carbons (Fsp3) is 0. The van der Waals surface area contributed by atoms with Gasteiger partial charge in [-0.25, -0.2) is 24.9 Å². The van der Waals surface area contributed by atoms with Gasteiger partial charge in [0, 0.05) is 44.3 Å². The number of benzene rings is 8. The molecule has 8 nitrogen and oxygen atoms in total. The van der Waals surface area contributed by atoms with Gasteiger partial charge in [0.1, 0.15) is 11.0 Å². The van der Waals surface area contributed by atoms with Crippen molar-refractivity contribution in [1.29, 1.82) is 0 Å². The first-order chi connectivity index (χ1) is 30.2. The molecule has 0 bridgehead atoms. The van der Waals surface area contributed by atoms with Gasteiger partial charge in [0.05, 0.1) is 11.0 Å². The normalized spacial score (nSPS) is 11.6. The Labute approximate surface area is 349 Å². The number of nitrogens with zero attached hydrogens (tertiary/aromatic N) is 6. The topological polar surface area (TPSA) is 95.7 Å². The number of rotatable bonds is 7. The van der Waals surface area contributed by atoms with E-state index < -0.39 is 0 Å². The van der Waals surface area contributed by atoms with Gasteiger partial charge in [0.2, 0.25) is 11.8 Å². The number of oxazole rings is 2. The van der Waals surface area contributed by atoms with Crippen LogP contribution in [-0.4, -0.2) is 29.5 Å². The van der Waals surface area contributed by atoms with E-state index in [1.165, 1.54) is 5.39 Å².